The predicted molar refractivity (Wildman–Crippen MR) is 120 cm³/mol. The third-order valence-corrected chi connectivity index (χ3v) is 5.69. The van der Waals surface area contributed by atoms with E-state index in [9.17, 15) is 14.7 Å². The van der Waals surface area contributed by atoms with Gasteiger partial charge in [-0.1, -0.05) is 32.9 Å². The van der Waals surface area contributed by atoms with Gasteiger partial charge in [0.25, 0.3) is 0 Å². The number of benzene rings is 2. The molecule has 0 spiro atoms. The van der Waals surface area contributed by atoms with Crippen LogP contribution in [0.1, 0.15) is 58.5 Å². The van der Waals surface area contributed by atoms with Gasteiger partial charge < -0.3 is 14.9 Å². The molecule has 31 heavy (non-hydrogen) atoms. The zero-order chi connectivity index (χ0) is 22.8. The fraction of sp³-hybridized carbons (Fsp3) is 0.292. The molecule has 2 N–H and O–H groups in total. The van der Waals surface area contributed by atoms with Crippen molar-refractivity contribution in [2.24, 2.45) is 5.41 Å². The van der Waals surface area contributed by atoms with Crippen LogP contribution < -0.4 is 4.74 Å². The molecule has 0 fully saturated rings. The fourth-order valence-corrected chi connectivity index (χ4v) is 3.92. The first-order valence-electron chi connectivity index (χ1n) is 9.82. The lowest BCUT2D eigenvalue weighted by molar-refractivity contribution is 0.0696. The van der Waals surface area contributed by atoms with E-state index in [1.165, 1.54) is 11.3 Å². The average Bonchev–Trinajstić information content (AvgIpc) is 3.17. The quantitative estimate of drug-likeness (QED) is 0.457. The number of hydrogen-bond donors (Lipinski definition) is 2. The SMILES string of the molecule is Cc1c(OCc2ncc(-c3cccc(C(=O)O)c3)s2)ccc(C(=O)CC(C)(C)C)c1O. The molecule has 1 heterocycles. The number of carboxylic acid groups (broad SMARTS) is 1. The first-order valence-corrected chi connectivity index (χ1v) is 10.6. The van der Waals surface area contributed by atoms with E-state index in [2.05, 4.69) is 4.98 Å². The lowest BCUT2D eigenvalue weighted by Crippen LogP contribution is -2.13. The second kappa shape index (κ2) is 8.89. The lowest BCUT2D eigenvalue weighted by atomic mass is 9.87. The van der Waals surface area contributed by atoms with Crippen LogP contribution in [-0.2, 0) is 6.61 Å². The average molecular weight is 440 g/mol. The topological polar surface area (TPSA) is 96.7 Å². The Morgan fingerprint density at radius 1 is 1.16 bits per heavy atom. The molecule has 0 aliphatic heterocycles. The van der Waals surface area contributed by atoms with E-state index in [1.54, 1.807) is 43.5 Å². The Bertz CT molecular complexity index is 1130. The molecule has 7 heteroatoms. The molecule has 0 radical (unpaired) electrons. The standard InChI is InChI=1S/C24H25NO5S/c1-14-19(9-8-17(22(14)27)18(26)11-24(2,3)4)30-13-21-25-12-20(31-21)15-6-5-7-16(10-15)23(28)29/h5-10,12,27H,11,13H2,1-4H3,(H,28,29). The highest BCUT2D eigenvalue weighted by molar-refractivity contribution is 7.15. The largest absolute Gasteiger partial charge is 0.507 e. The molecular weight excluding hydrogens is 414 g/mol. The molecule has 2 aromatic carbocycles. The van der Waals surface area contributed by atoms with E-state index in [1.807, 2.05) is 26.8 Å². The van der Waals surface area contributed by atoms with Crippen LogP contribution in [0.5, 0.6) is 11.5 Å². The van der Waals surface area contributed by atoms with Crippen molar-refractivity contribution in [2.75, 3.05) is 0 Å². The van der Waals surface area contributed by atoms with Crippen LogP contribution in [0.15, 0.2) is 42.6 Å². The molecule has 3 aromatic rings. The highest BCUT2D eigenvalue weighted by atomic mass is 32.1. The molecular formula is C24H25NO5S. The maximum absolute atomic E-state index is 12.5. The van der Waals surface area contributed by atoms with Crippen LogP contribution in [0.2, 0.25) is 0 Å². The molecule has 0 saturated heterocycles. The van der Waals surface area contributed by atoms with E-state index in [0.29, 0.717) is 28.3 Å². The predicted octanol–water partition coefficient (Wildman–Crippen LogP) is 5.72. The van der Waals surface area contributed by atoms with Gasteiger partial charge in [0.15, 0.2) is 5.78 Å². The summed E-state index contributed by atoms with van der Waals surface area (Å²) < 4.78 is 5.83. The minimum atomic E-state index is -0.977. The van der Waals surface area contributed by atoms with Gasteiger partial charge >= 0.3 is 5.97 Å². The summed E-state index contributed by atoms with van der Waals surface area (Å²) in [4.78, 5) is 28.8. The van der Waals surface area contributed by atoms with E-state index in [-0.39, 0.29) is 29.1 Å². The number of aromatic hydroxyl groups is 1. The number of rotatable bonds is 7. The molecule has 0 amide bonds. The molecule has 0 unspecified atom stereocenters. The van der Waals surface area contributed by atoms with Crippen molar-refractivity contribution in [3.8, 4) is 21.9 Å². The van der Waals surface area contributed by atoms with Crippen molar-refractivity contribution in [3.05, 3.63) is 64.3 Å². The van der Waals surface area contributed by atoms with Gasteiger partial charge in [0.2, 0.25) is 0 Å². The molecule has 0 atom stereocenters. The number of phenols is 1. The maximum Gasteiger partial charge on any atom is 0.335 e. The van der Waals surface area contributed by atoms with Crippen LogP contribution in [0.25, 0.3) is 10.4 Å². The Labute approximate surface area is 185 Å². The summed E-state index contributed by atoms with van der Waals surface area (Å²) in [6, 6.07) is 9.97. The molecule has 1 aromatic heterocycles. The third-order valence-electron chi connectivity index (χ3n) is 4.67. The fourth-order valence-electron chi connectivity index (χ4n) is 3.10. The summed E-state index contributed by atoms with van der Waals surface area (Å²) in [5, 5.41) is 20.4. The van der Waals surface area contributed by atoms with E-state index >= 15 is 0 Å². The van der Waals surface area contributed by atoms with Crippen LogP contribution >= 0.6 is 11.3 Å². The van der Waals surface area contributed by atoms with E-state index in [0.717, 1.165) is 10.4 Å². The van der Waals surface area contributed by atoms with Gasteiger partial charge in [0.05, 0.1) is 16.0 Å². The highest BCUT2D eigenvalue weighted by Crippen LogP contribution is 2.34. The van der Waals surface area contributed by atoms with Crippen LogP contribution in [-0.4, -0.2) is 26.9 Å². The number of ketones is 1. The summed E-state index contributed by atoms with van der Waals surface area (Å²) in [5.74, 6) is -0.658. The monoisotopic (exact) mass is 439 g/mol. The number of hydrogen-bond acceptors (Lipinski definition) is 6. The summed E-state index contributed by atoms with van der Waals surface area (Å²) in [6.45, 7) is 7.84. The van der Waals surface area contributed by atoms with Gasteiger partial charge in [-0.2, -0.15) is 0 Å². The number of aromatic nitrogens is 1. The molecule has 0 aliphatic rings. The summed E-state index contributed by atoms with van der Waals surface area (Å²) in [6.07, 6.45) is 2.02. The van der Waals surface area contributed by atoms with Gasteiger partial charge in [-0.3, -0.25) is 4.79 Å². The zero-order valence-corrected chi connectivity index (χ0v) is 18.7. The number of phenolic OH excluding ortho intramolecular Hbond substituents is 1. The first-order chi connectivity index (χ1) is 14.5. The summed E-state index contributed by atoms with van der Waals surface area (Å²) in [5.41, 5.74) is 1.63. The number of carboxylic acids is 1. The molecule has 3 rings (SSSR count). The minimum absolute atomic E-state index is 0.0583. The van der Waals surface area contributed by atoms with Crippen molar-refractivity contribution in [3.63, 3.8) is 0 Å². The van der Waals surface area contributed by atoms with Crippen LogP contribution in [0.4, 0.5) is 0 Å². The normalized spacial score (nSPS) is 11.4. The molecule has 0 aliphatic carbocycles. The van der Waals surface area contributed by atoms with Crippen molar-refractivity contribution in [2.45, 2.75) is 40.7 Å². The van der Waals surface area contributed by atoms with Gasteiger partial charge in [0, 0.05) is 18.2 Å². The molecule has 6 nitrogen and oxygen atoms in total. The smallest absolute Gasteiger partial charge is 0.335 e. The summed E-state index contributed by atoms with van der Waals surface area (Å²) in [7, 11) is 0. The number of nitrogens with zero attached hydrogens (tertiary/aromatic N) is 1. The third kappa shape index (κ3) is 5.49. The van der Waals surface area contributed by atoms with E-state index < -0.39 is 5.97 Å². The lowest BCUT2D eigenvalue weighted by Gasteiger charge is -2.18. The van der Waals surface area contributed by atoms with Gasteiger partial charge in [0.1, 0.15) is 23.1 Å². The maximum atomic E-state index is 12.5. The highest BCUT2D eigenvalue weighted by Gasteiger charge is 2.21. The van der Waals surface area contributed by atoms with Gasteiger partial charge in [-0.15, -0.1) is 11.3 Å². The second-order valence-corrected chi connectivity index (χ2v) is 9.65. The van der Waals surface area contributed by atoms with Crippen LogP contribution in [0.3, 0.4) is 0 Å². The number of carbonyl (C=O) groups excluding carboxylic acids is 1. The van der Waals surface area contributed by atoms with Crippen molar-refractivity contribution < 1.29 is 24.5 Å². The molecule has 0 saturated carbocycles. The van der Waals surface area contributed by atoms with Gasteiger partial charge in [-0.25, -0.2) is 9.78 Å². The molecule has 0 bridgehead atoms. The number of aromatic carboxylic acids is 1. The zero-order valence-electron chi connectivity index (χ0n) is 17.9. The first kappa shape index (κ1) is 22.5. The second-order valence-electron chi connectivity index (χ2n) is 8.54. The van der Waals surface area contributed by atoms with Crippen LogP contribution in [0, 0.1) is 12.3 Å². The Morgan fingerprint density at radius 2 is 1.90 bits per heavy atom. The number of carbonyl (C=O) groups is 2. The van der Waals surface area contributed by atoms with Crippen molar-refractivity contribution in [1.82, 2.24) is 4.98 Å². The Hall–Kier alpha value is -3.19. The van der Waals surface area contributed by atoms with Crippen molar-refractivity contribution in [1.29, 1.82) is 0 Å². The Morgan fingerprint density at radius 3 is 2.58 bits per heavy atom. The Balaban J connectivity index is 1.72. The van der Waals surface area contributed by atoms with E-state index in [4.69, 9.17) is 9.84 Å². The number of ether oxygens (including phenoxy) is 1. The number of thiazole rings is 1. The Kier molecular flexibility index (Phi) is 6.45. The number of Topliss-reactive ketones (excluding diaryl/α,β-unsaturated/α-hetero) is 1. The summed E-state index contributed by atoms with van der Waals surface area (Å²) >= 11 is 1.40. The van der Waals surface area contributed by atoms with Crippen molar-refractivity contribution >= 4 is 23.1 Å². The molecule has 162 valence electrons. The minimum Gasteiger partial charge on any atom is -0.507 e. The van der Waals surface area contributed by atoms with Gasteiger partial charge in [-0.05, 0) is 42.2 Å².